The molecule has 10 nitrogen and oxygen atoms in total. The monoisotopic (exact) mass is 506 g/mol. The first kappa shape index (κ1) is 26.2. The van der Waals surface area contributed by atoms with Crippen LogP contribution >= 0.6 is 0 Å². The fourth-order valence-electron chi connectivity index (χ4n) is 4.67. The van der Waals surface area contributed by atoms with E-state index in [2.05, 4.69) is 19.9 Å². The molecule has 0 unspecified atom stereocenters. The van der Waals surface area contributed by atoms with Gasteiger partial charge in [-0.25, -0.2) is 14.8 Å². The number of aromatic nitrogens is 2. The molecule has 0 aliphatic carbocycles. The Kier molecular flexibility index (Phi) is 8.08. The van der Waals surface area contributed by atoms with Crippen LogP contribution in [0.2, 0.25) is 0 Å². The minimum absolute atomic E-state index is 0.0113. The average Bonchev–Trinajstić information content (AvgIpc) is 3.39. The summed E-state index contributed by atoms with van der Waals surface area (Å²) in [7, 11) is 1.58. The van der Waals surface area contributed by atoms with Crippen LogP contribution in [0.5, 0.6) is 11.5 Å². The third kappa shape index (κ3) is 5.75. The molecule has 2 heterocycles. The summed E-state index contributed by atoms with van der Waals surface area (Å²) < 4.78 is 11.6. The van der Waals surface area contributed by atoms with Crippen LogP contribution in [-0.4, -0.2) is 71.3 Å². The number of anilines is 1. The van der Waals surface area contributed by atoms with Crippen molar-refractivity contribution in [2.75, 3.05) is 38.3 Å². The predicted molar refractivity (Wildman–Crippen MR) is 144 cm³/mol. The Hall–Kier alpha value is -3.92. The van der Waals surface area contributed by atoms with Gasteiger partial charge in [-0.2, -0.15) is 4.99 Å². The lowest BCUT2D eigenvalue weighted by Crippen LogP contribution is -2.48. The Labute approximate surface area is 216 Å². The fourth-order valence-corrected chi connectivity index (χ4v) is 4.67. The molecule has 1 fully saturated rings. The number of para-hydroxylation sites is 1. The minimum Gasteiger partial charge on any atom is -0.493 e. The summed E-state index contributed by atoms with van der Waals surface area (Å²) in [5.41, 5.74) is 9.55. The highest BCUT2D eigenvalue weighted by atomic mass is 16.5. The average molecular weight is 507 g/mol. The number of carboxylic acids is 1. The Balaban J connectivity index is 1.70. The van der Waals surface area contributed by atoms with Crippen molar-refractivity contribution in [2.24, 2.45) is 10.7 Å². The molecule has 1 aliphatic heterocycles. The highest BCUT2D eigenvalue weighted by Gasteiger charge is 2.27. The number of aryl methyl sites for hydroxylation is 2. The number of hydrogen-bond donors (Lipinski definition) is 2. The Bertz CT molecular complexity index is 1290. The van der Waals surface area contributed by atoms with Crippen molar-refractivity contribution in [3.8, 4) is 11.5 Å². The van der Waals surface area contributed by atoms with Crippen LogP contribution in [0.25, 0.3) is 10.9 Å². The van der Waals surface area contributed by atoms with Crippen molar-refractivity contribution < 1.29 is 19.4 Å². The van der Waals surface area contributed by atoms with Crippen LogP contribution in [0.4, 0.5) is 11.5 Å². The molecule has 1 atom stereocenters. The summed E-state index contributed by atoms with van der Waals surface area (Å²) >= 11 is 0. The molecular weight excluding hydrogens is 472 g/mol. The number of fused-ring (bicyclic) bond motifs is 1. The van der Waals surface area contributed by atoms with Crippen LogP contribution < -0.4 is 20.1 Å². The second kappa shape index (κ2) is 11.4. The van der Waals surface area contributed by atoms with Gasteiger partial charge in [0.25, 0.3) is 0 Å². The lowest BCUT2D eigenvalue weighted by atomic mass is 10.1. The number of hydrogen-bond acceptors (Lipinski definition) is 7. The number of likely N-dealkylation sites (tertiary alicyclic amines) is 1. The fraction of sp³-hybridized carbons (Fsp3) is 0.407. The van der Waals surface area contributed by atoms with E-state index in [9.17, 15) is 9.90 Å². The predicted octanol–water partition coefficient (Wildman–Crippen LogP) is 3.66. The second-order valence-corrected chi connectivity index (χ2v) is 9.21. The van der Waals surface area contributed by atoms with Gasteiger partial charge < -0.3 is 20.3 Å². The molecule has 1 aromatic heterocycles. The van der Waals surface area contributed by atoms with Crippen LogP contribution in [0.1, 0.15) is 30.9 Å². The number of carbonyl (C=O) groups is 1. The van der Waals surface area contributed by atoms with E-state index in [1.165, 1.54) is 24.1 Å². The molecule has 10 heteroatoms. The lowest BCUT2D eigenvalue weighted by molar-refractivity contribution is -0.137. The molecule has 37 heavy (non-hydrogen) atoms. The van der Waals surface area contributed by atoms with Crippen molar-refractivity contribution in [3.63, 3.8) is 0 Å². The van der Waals surface area contributed by atoms with Gasteiger partial charge in [0.05, 0.1) is 18.3 Å². The molecule has 0 bridgehead atoms. The smallest absolute Gasteiger partial charge is 0.326 e. The Morgan fingerprint density at radius 1 is 1.19 bits per heavy atom. The van der Waals surface area contributed by atoms with Crippen molar-refractivity contribution in [1.29, 1.82) is 0 Å². The quantitative estimate of drug-likeness (QED) is 0.330. The molecule has 3 N–H and O–H groups in total. The van der Waals surface area contributed by atoms with Crippen molar-refractivity contribution in [1.82, 2.24) is 14.9 Å². The molecule has 4 rings (SSSR count). The summed E-state index contributed by atoms with van der Waals surface area (Å²) in [6.45, 7) is 9.00. The Morgan fingerprint density at radius 2 is 1.89 bits per heavy atom. The molecule has 0 radical (unpaired) electrons. The topological polar surface area (TPSA) is 126 Å². The highest BCUT2D eigenvalue weighted by Crippen LogP contribution is 2.35. The number of guanidine groups is 1. The molecular formula is C27H34N6O4. The summed E-state index contributed by atoms with van der Waals surface area (Å²) in [6, 6.07) is 8.36. The van der Waals surface area contributed by atoms with Crippen LogP contribution in [0, 0.1) is 13.8 Å². The largest absolute Gasteiger partial charge is 0.493 e. The van der Waals surface area contributed by atoms with E-state index in [0.29, 0.717) is 40.5 Å². The maximum Gasteiger partial charge on any atom is 0.326 e. The number of nitrogens with two attached hydrogens (primary N) is 1. The van der Waals surface area contributed by atoms with Gasteiger partial charge in [-0.3, -0.25) is 9.80 Å². The van der Waals surface area contributed by atoms with Gasteiger partial charge in [-0.05, 0) is 63.9 Å². The zero-order valence-electron chi connectivity index (χ0n) is 21.8. The van der Waals surface area contributed by atoms with Gasteiger partial charge in [0.15, 0.2) is 17.3 Å². The van der Waals surface area contributed by atoms with Crippen molar-refractivity contribution in [3.05, 3.63) is 47.8 Å². The van der Waals surface area contributed by atoms with E-state index < -0.39 is 12.0 Å². The maximum atomic E-state index is 12.0. The van der Waals surface area contributed by atoms with Gasteiger partial charge in [0.2, 0.25) is 5.96 Å². The molecule has 196 valence electrons. The lowest BCUT2D eigenvalue weighted by Gasteiger charge is -2.30. The maximum absolute atomic E-state index is 12.0. The molecule has 1 aliphatic rings. The number of benzene rings is 2. The van der Waals surface area contributed by atoms with E-state index in [1.54, 1.807) is 26.2 Å². The number of carboxylic acid groups (broad SMARTS) is 1. The molecule has 0 amide bonds. The van der Waals surface area contributed by atoms with Crippen LogP contribution in [0.3, 0.4) is 0 Å². The van der Waals surface area contributed by atoms with Crippen molar-refractivity contribution >= 4 is 34.3 Å². The number of aliphatic carboxylic acids is 1. The van der Waals surface area contributed by atoms with E-state index >= 15 is 0 Å². The third-order valence-electron chi connectivity index (χ3n) is 6.66. The van der Waals surface area contributed by atoms with E-state index in [4.69, 9.17) is 15.2 Å². The zero-order chi connectivity index (χ0) is 26.5. The normalized spacial score (nSPS) is 15.1. The summed E-state index contributed by atoms with van der Waals surface area (Å²) in [4.78, 5) is 29.2. The van der Waals surface area contributed by atoms with E-state index in [0.717, 1.165) is 30.8 Å². The standard InChI is InChI=1S/C27H34N6O4/c1-17-8-7-9-18(2)24(17)33(19(3)26(34)35)27(28)31-25-20-14-22(36-4)23(15-21(20)29-16-30-25)37-13-12-32-10-5-6-11-32/h7-9,14-16,19H,5-6,10-13H2,1-4H3,(H,34,35)(H2,28,29,30,31)/t19-/m0/s1. The van der Waals surface area contributed by atoms with Gasteiger partial charge in [0.1, 0.15) is 19.0 Å². The molecule has 1 saturated heterocycles. The first-order valence-corrected chi connectivity index (χ1v) is 12.4. The number of rotatable bonds is 9. The van der Waals surface area contributed by atoms with Crippen LogP contribution in [-0.2, 0) is 4.79 Å². The molecule has 0 saturated carbocycles. The summed E-state index contributed by atoms with van der Waals surface area (Å²) in [5.74, 6) is 0.415. The van der Waals surface area contributed by atoms with Gasteiger partial charge in [0, 0.05) is 18.0 Å². The van der Waals surface area contributed by atoms with Crippen LogP contribution in [0.15, 0.2) is 41.7 Å². The second-order valence-electron chi connectivity index (χ2n) is 9.21. The van der Waals surface area contributed by atoms with Crippen molar-refractivity contribution in [2.45, 2.75) is 39.7 Å². The number of aliphatic imine (C=N–C) groups is 1. The van der Waals surface area contributed by atoms with Gasteiger partial charge in [-0.15, -0.1) is 0 Å². The minimum atomic E-state index is -1.02. The number of methoxy groups -OCH3 is 1. The molecule has 3 aromatic rings. The Morgan fingerprint density at radius 3 is 2.54 bits per heavy atom. The van der Waals surface area contributed by atoms with Gasteiger partial charge >= 0.3 is 5.97 Å². The molecule has 0 spiro atoms. The van der Waals surface area contributed by atoms with Gasteiger partial charge in [-0.1, -0.05) is 18.2 Å². The molecule has 2 aromatic carbocycles. The number of ether oxygens (including phenoxy) is 2. The highest BCUT2D eigenvalue weighted by molar-refractivity contribution is 6.04. The van der Waals surface area contributed by atoms with E-state index in [-0.39, 0.29) is 5.96 Å². The first-order chi connectivity index (χ1) is 17.8. The van der Waals surface area contributed by atoms with E-state index in [1.807, 2.05) is 32.0 Å². The summed E-state index contributed by atoms with van der Waals surface area (Å²) in [5, 5.41) is 10.4. The SMILES string of the molecule is COc1cc2c(N=C(N)N(c3c(C)cccc3C)[C@@H](C)C(=O)O)ncnc2cc1OCCN1CCCC1. The number of nitrogens with zero attached hydrogens (tertiary/aromatic N) is 5. The summed E-state index contributed by atoms with van der Waals surface area (Å²) in [6.07, 6.45) is 3.86. The third-order valence-corrected chi connectivity index (χ3v) is 6.66. The zero-order valence-corrected chi connectivity index (χ0v) is 21.8. The first-order valence-electron chi connectivity index (χ1n) is 12.4.